The van der Waals surface area contributed by atoms with E-state index < -0.39 is 10.0 Å². The standard InChI is InChI=1S/C17H27N3O3S/c1-4-24(22,23)19-11-13-5-7-14(8-6-13)16(21)20-10-9-15(18)17(2,3)12-20/h5-8,15,19H,4,9-12,18H2,1-3H3. The molecule has 0 spiro atoms. The molecule has 0 radical (unpaired) electrons. The molecule has 1 aromatic carbocycles. The average Bonchev–Trinajstić information content (AvgIpc) is 2.55. The maximum Gasteiger partial charge on any atom is 0.253 e. The van der Waals surface area contributed by atoms with Crippen molar-refractivity contribution in [3.05, 3.63) is 35.4 Å². The summed E-state index contributed by atoms with van der Waals surface area (Å²) in [6, 6.07) is 7.17. The van der Waals surface area contributed by atoms with Crippen LogP contribution in [0.4, 0.5) is 0 Å². The number of carbonyl (C=O) groups excluding carboxylic acids is 1. The second-order valence-electron chi connectivity index (χ2n) is 7.03. The Labute approximate surface area is 144 Å². The molecule has 1 heterocycles. The van der Waals surface area contributed by atoms with Crippen molar-refractivity contribution < 1.29 is 13.2 Å². The minimum Gasteiger partial charge on any atom is -0.338 e. The summed E-state index contributed by atoms with van der Waals surface area (Å²) in [5, 5.41) is 0. The van der Waals surface area contributed by atoms with Gasteiger partial charge in [-0.2, -0.15) is 0 Å². The van der Waals surface area contributed by atoms with Crippen LogP contribution in [0.2, 0.25) is 0 Å². The first kappa shape index (κ1) is 18.9. The maximum absolute atomic E-state index is 12.6. The molecule has 1 aliphatic rings. The van der Waals surface area contributed by atoms with E-state index in [0.29, 0.717) is 18.7 Å². The van der Waals surface area contributed by atoms with Gasteiger partial charge < -0.3 is 10.6 Å². The number of carbonyl (C=O) groups is 1. The van der Waals surface area contributed by atoms with E-state index in [1.54, 1.807) is 31.2 Å². The fourth-order valence-corrected chi connectivity index (χ4v) is 3.38. The van der Waals surface area contributed by atoms with Gasteiger partial charge in [0, 0.05) is 31.2 Å². The van der Waals surface area contributed by atoms with Gasteiger partial charge in [-0.3, -0.25) is 4.79 Å². The predicted molar refractivity (Wildman–Crippen MR) is 95.0 cm³/mol. The number of nitrogens with one attached hydrogen (secondary N) is 1. The number of hydrogen-bond acceptors (Lipinski definition) is 4. The van der Waals surface area contributed by atoms with Gasteiger partial charge in [-0.25, -0.2) is 13.1 Å². The highest BCUT2D eigenvalue weighted by Crippen LogP contribution is 2.28. The summed E-state index contributed by atoms with van der Waals surface area (Å²) in [5.41, 5.74) is 7.47. The molecule has 0 aromatic heterocycles. The Morgan fingerprint density at radius 1 is 1.33 bits per heavy atom. The lowest BCUT2D eigenvalue weighted by atomic mass is 9.79. The fourth-order valence-electron chi connectivity index (χ4n) is 2.79. The Morgan fingerprint density at radius 3 is 2.50 bits per heavy atom. The van der Waals surface area contributed by atoms with Gasteiger partial charge in [-0.15, -0.1) is 0 Å². The van der Waals surface area contributed by atoms with Crippen molar-refractivity contribution in [1.29, 1.82) is 0 Å². The van der Waals surface area contributed by atoms with Crippen LogP contribution in [0.15, 0.2) is 24.3 Å². The number of amides is 1. The normalized spacial score (nSPS) is 20.8. The van der Waals surface area contributed by atoms with Crippen LogP contribution in [0.5, 0.6) is 0 Å². The van der Waals surface area contributed by atoms with E-state index in [0.717, 1.165) is 12.0 Å². The van der Waals surface area contributed by atoms with Crippen molar-refractivity contribution in [3.63, 3.8) is 0 Å². The lowest BCUT2D eigenvalue weighted by molar-refractivity contribution is 0.0533. The molecule has 7 heteroatoms. The smallest absolute Gasteiger partial charge is 0.253 e. The Balaban J connectivity index is 2.01. The molecular formula is C17H27N3O3S. The number of nitrogens with zero attached hydrogens (tertiary/aromatic N) is 1. The van der Waals surface area contributed by atoms with Gasteiger partial charge in [0.25, 0.3) is 5.91 Å². The Hall–Kier alpha value is -1.44. The Morgan fingerprint density at radius 2 is 1.96 bits per heavy atom. The molecule has 1 saturated heterocycles. The van der Waals surface area contributed by atoms with Crippen molar-refractivity contribution >= 4 is 15.9 Å². The number of benzene rings is 1. The van der Waals surface area contributed by atoms with Crippen molar-refractivity contribution in [3.8, 4) is 0 Å². The van der Waals surface area contributed by atoms with E-state index in [1.807, 2.05) is 4.90 Å². The number of piperidine rings is 1. The monoisotopic (exact) mass is 353 g/mol. The highest BCUT2D eigenvalue weighted by molar-refractivity contribution is 7.89. The van der Waals surface area contributed by atoms with Gasteiger partial charge in [0.15, 0.2) is 0 Å². The second kappa shape index (κ2) is 7.21. The summed E-state index contributed by atoms with van der Waals surface area (Å²) in [6.07, 6.45) is 0.801. The molecule has 134 valence electrons. The van der Waals surface area contributed by atoms with Crippen LogP contribution in [-0.2, 0) is 16.6 Å². The SMILES string of the molecule is CCS(=O)(=O)NCc1ccc(C(=O)N2CCC(N)C(C)(C)C2)cc1. The predicted octanol–water partition coefficient (Wildman–Crippen LogP) is 1.33. The van der Waals surface area contributed by atoms with Gasteiger partial charge in [-0.1, -0.05) is 26.0 Å². The largest absolute Gasteiger partial charge is 0.338 e. The van der Waals surface area contributed by atoms with Gasteiger partial charge in [0.05, 0.1) is 5.75 Å². The molecule has 1 atom stereocenters. The number of hydrogen-bond donors (Lipinski definition) is 2. The number of rotatable bonds is 5. The first-order valence-corrected chi connectivity index (χ1v) is 9.91. The van der Waals surface area contributed by atoms with Crippen molar-refractivity contribution in [2.24, 2.45) is 11.1 Å². The van der Waals surface area contributed by atoms with E-state index in [-0.39, 0.29) is 29.7 Å². The van der Waals surface area contributed by atoms with E-state index >= 15 is 0 Å². The molecule has 24 heavy (non-hydrogen) atoms. The second-order valence-corrected chi connectivity index (χ2v) is 9.13. The summed E-state index contributed by atoms with van der Waals surface area (Å²) in [5.74, 6) is 0.0480. The van der Waals surface area contributed by atoms with Gasteiger partial charge >= 0.3 is 0 Å². The van der Waals surface area contributed by atoms with Crippen LogP contribution >= 0.6 is 0 Å². The van der Waals surface area contributed by atoms with E-state index in [1.165, 1.54) is 0 Å². The van der Waals surface area contributed by atoms with Crippen LogP contribution in [0, 0.1) is 5.41 Å². The first-order chi connectivity index (χ1) is 11.1. The molecule has 1 amide bonds. The number of sulfonamides is 1. The third-order valence-corrected chi connectivity index (χ3v) is 6.02. The van der Waals surface area contributed by atoms with Crippen LogP contribution in [0.3, 0.4) is 0 Å². The van der Waals surface area contributed by atoms with Crippen LogP contribution in [-0.4, -0.2) is 44.1 Å². The molecule has 0 aliphatic carbocycles. The Bertz CT molecular complexity index is 684. The average molecular weight is 353 g/mol. The topological polar surface area (TPSA) is 92.5 Å². The number of likely N-dealkylation sites (tertiary alicyclic amines) is 1. The zero-order chi connectivity index (χ0) is 18.0. The van der Waals surface area contributed by atoms with E-state index in [4.69, 9.17) is 5.73 Å². The summed E-state index contributed by atoms with van der Waals surface area (Å²) >= 11 is 0. The van der Waals surface area contributed by atoms with Crippen LogP contribution in [0.25, 0.3) is 0 Å². The van der Waals surface area contributed by atoms with Gasteiger partial charge in [0.2, 0.25) is 10.0 Å². The molecule has 0 bridgehead atoms. The summed E-state index contributed by atoms with van der Waals surface area (Å²) in [4.78, 5) is 14.5. The molecule has 6 nitrogen and oxygen atoms in total. The molecule has 1 aliphatic heterocycles. The van der Waals surface area contributed by atoms with Gasteiger partial charge in [0.1, 0.15) is 0 Å². The highest BCUT2D eigenvalue weighted by Gasteiger charge is 2.35. The van der Waals surface area contributed by atoms with Crippen molar-refractivity contribution in [2.45, 2.75) is 39.8 Å². The molecular weight excluding hydrogens is 326 g/mol. The third kappa shape index (κ3) is 4.55. The third-order valence-electron chi connectivity index (χ3n) is 4.68. The zero-order valence-corrected chi connectivity index (χ0v) is 15.4. The maximum atomic E-state index is 12.6. The molecule has 1 aromatic rings. The number of nitrogens with two attached hydrogens (primary N) is 1. The lowest BCUT2D eigenvalue weighted by Gasteiger charge is -2.42. The summed E-state index contributed by atoms with van der Waals surface area (Å²) < 4.78 is 25.4. The van der Waals surface area contributed by atoms with Crippen LogP contribution < -0.4 is 10.5 Å². The van der Waals surface area contributed by atoms with Gasteiger partial charge in [-0.05, 0) is 36.5 Å². The molecule has 1 fully saturated rings. The van der Waals surface area contributed by atoms with Crippen molar-refractivity contribution in [1.82, 2.24) is 9.62 Å². The quantitative estimate of drug-likeness (QED) is 0.835. The van der Waals surface area contributed by atoms with E-state index in [9.17, 15) is 13.2 Å². The van der Waals surface area contributed by atoms with Crippen LogP contribution in [0.1, 0.15) is 43.1 Å². The molecule has 3 N–H and O–H groups in total. The lowest BCUT2D eigenvalue weighted by Crippen LogP contribution is -2.53. The zero-order valence-electron chi connectivity index (χ0n) is 14.6. The first-order valence-electron chi connectivity index (χ1n) is 8.26. The summed E-state index contributed by atoms with van der Waals surface area (Å²) in [7, 11) is -3.22. The molecule has 0 saturated carbocycles. The van der Waals surface area contributed by atoms with E-state index in [2.05, 4.69) is 18.6 Å². The minimum atomic E-state index is -3.22. The highest BCUT2D eigenvalue weighted by atomic mass is 32.2. The Kier molecular flexibility index (Phi) is 5.67. The minimum absolute atomic E-state index is 0.00401. The molecule has 1 unspecified atom stereocenters. The fraction of sp³-hybridized carbons (Fsp3) is 0.588. The molecule has 2 rings (SSSR count). The summed E-state index contributed by atoms with van der Waals surface area (Å²) in [6.45, 7) is 7.30. The van der Waals surface area contributed by atoms with Crippen molar-refractivity contribution in [2.75, 3.05) is 18.8 Å².